The molecule has 0 saturated carbocycles. The van der Waals surface area contributed by atoms with Crippen LogP contribution in [-0.2, 0) is 6.42 Å². The SMILES string of the molecule is CCc1ccc(OCC(O)CN2CCN(CCO)CC2)cc1.Cl.Cl. The van der Waals surface area contributed by atoms with E-state index in [9.17, 15) is 5.11 Å². The second kappa shape index (κ2) is 12.8. The van der Waals surface area contributed by atoms with Crippen LogP contribution in [0.1, 0.15) is 12.5 Å². The summed E-state index contributed by atoms with van der Waals surface area (Å²) in [7, 11) is 0. The summed E-state index contributed by atoms with van der Waals surface area (Å²) in [5.74, 6) is 0.809. The number of aliphatic hydroxyl groups excluding tert-OH is 2. The van der Waals surface area contributed by atoms with Crippen molar-refractivity contribution >= 4 is 24.8 Å². The molecule has 0 bridgehead atoms. The molecular weight excluding hydrogens is 351 g/mol. The van der Waals surface area contributed by atoms with Crippen LogP contribution in [0.3, 0.4) is 0 Å². The number of aryl methyl sites for hydroxylation is 1. The third-order valence-electron chi connectivity index (χ3n) is 4.12. The number of rotatable bonds is 8. The van der Waals surface area contributed by atoms with E-state index in [1.54, 1.807) is 0 Å². The number of β-amino-alcohol motifs (C(OH)–C–C–N with tert-alkyl or cyclic N) is 2. The van der Waals surface area contributed by atoms with Gasteiger partial charge in [-0.2, -0.15) is 0 Å². The van der Waals surface area contributed by atoms with E-state index < -0.39 is 6.10 Å². The van der Waals surface area contributed by atoms with Crippen LogP contribution < -0.4 is 4.74 Å². The van der Waals surface area contributed by atoms with Gasteiger partial charge in [-0.15, -0.1) is 24.8 Å². The third kappa shape index (κ3) is 8.01. The summed E-state index contributed by atoms with van der Waals surface area (Å²) >= 11 is 0. The first-order chi connectivity index (χ1) is 10.7. The standard InChI is InChI=1S/C17H28N2O3.2ClH/c1-2-15-3-5-17(6-4-15)22-14-16(21)13-19-9-7-18(8-10-19)11-12-20;;/h3-6,16,20-21H,2,7-14H2,1H3;2*1H. The Bertz CT molecular complexity index is 426. The van der Waals surface area contributed by atoms with Crippen LogP contribution in [0, 0.1) is 0 Å². The van der Waals surface area contributed by atoms with Gasteiger partial charge in [0.15, 0.2) is 0 Å². The van der Waals surface area contributed by atoms with Crippen LogP contribution in [0.4, 0.5) is 0 Å². The molecule has 0 radical (unpaired) electrons. The molecule has 1 saturated heterocycles. The Morgan fingerprint density at radius 3 is 2.17 bits per heavy atom. The highest BCUT2D eigenvalue weighted by molar-refractivity contribution is 5.85. The molecule has 0 spiro atoms. The smallest absolute Gasteiger partial charge is 0.119 e. The molecule has 1 heterocycles. The van der Waals surface area contributed by atoms with Crippen molar-refractivity contribution in [3.05, 3.63) is 29.8 Å². The van der Waals surface area contributed by atoms with E-state index in [2.05, 4.69) is 28.9 Å². The Labute approximate surface area is 157 Å². The van der Waals surface area contributed by atoms with Crippen molar-refractivity contribution in [1.82, 2.24) is 9.80 Å². The van der Waals surface area contributed by atoms with Crippen molar-refractivity contribution in [2.24, 2.45) is 0 Å². The maximum Gasteiger partial charge on any atom is 0.119 e. The van der Waals surface area contributed by atoms with Crippen LogP contribution in [0.15, 0.2) is 24.3 Å². The highest BCUT2D eigenvalue weighted by Crippen LogP contribution is 2.13. The Morgan fingerprint density at radius 1 is 1.04 bits per heavy atom. The summed E-state index contributed by atoms with van der Waals surface area (Å²) in [6, 6.07) is 8.03. The lowest BCUT2D eigenvalue weighted by Crippen LogP contribution is -2.49. The van der Waals surface area contributed by atoms with Crippen LogP contribution in [0.25, 0.3) is 0 Å². The molecule has 0 aliphatic carbocycles. The number of halogens is 2. The zero-order chi connectivity index (χ0) is 15.8. The summed E-state index contributed by atoms with van der Waals surface area (Å²) in [6.07, 6.45) is 0.542. The lowest BCUT2D eigenvalue weighted by molar-refractivity contribution is 0.0428. The van der Waals surface area contributed by atoms with Crippen molar-refractivity contribution < 1.29 is 14.9 Å². The molecule has 7 heteroatoms. The van der Waals surface area contributed by atoms with Gasteiger partial charge in [-0.25, -0.2) is 0 Å². The van der Waals surface area contributed by atoms with E-state index in [-0.39, 0.29) is 31.4 Å². The van der Waals surface area contributed by atoms with Gasteiger partial charge in [0.25, 0.3) is 0 Å². The first kappa shape index (κ1) is 23.4. The normalized spacial score (nSPS) is 16.8. The van der Waals surface area contributed by atoms with Crippen molar-refractivity contribution in [1.29, 1.82) is 0 Å². The van der Waals surface area contributed by atoms with Crippen LogP contribution in [0.5, 0.6) is 5.75 Å². The molecule has 1 aliphatic rings. The first-order valence-electron chi connectivity index (χ1n) is 8.16. The maximum absolute atomic E-state index is 10.1. The maximum atomic E-state index is 10.1. The topological polar surface area (TPSA) is 56.2 Å². The van der Waals surface area contributed by atoms with E-state index in [0.29, 0.717) is 13.2 Å². The predicted octanol–water partition coefficient (Wildman–Crippen LogP) is 1.44. The van der Waals surface area contributed by atoms with Crippen molar-refractivity contribution in [3.8, 4) is 5.75 Å². The number of aliphatic hydroxyl groups is 2. The van der Waals surface area contributed by atoms with E-state index in [4.69, 9.17) is 9.84 Å². The number of ether oxygens (including phenoxy) is 1. The largest absolute Gasteiger partial charge is 0.491 e. The lowest BCUT2D eigenvalue weighted by atomic mass is 10.2. The van der Waals surface area contributed by atoms with Gasteiger partial charge in [-0.3, -0.25) is 9.80 Å². The summed E-state index contributed by atoms with van der Waals surface area (Å²) in [5.41, 5.74) is 1.29. The molecule has 2 N–H and O–H groups in total. The quantitative estimate of drug-likeness (QED) is 0.714. The average Bonchev–Trinajstić information content (AvgIpc) is 2.55. The second-order valence-corrected chi connectivity index (χ2v) is 5.83. The number of piperazine rings is 1. The minimum atomic E-state index is -0.477. The van der Waals surface area contributed by atoms with E-state index in [0.717, 1.165) is 44.9 Å². The molecule has 0 amide bonds. The molecule has 1 aliphatic heterocycles. The summed E-state index contributed by atoms with van der Waals surface area (Å²) < 4.78 is 5.65. The fourth-order valence-corrected chi connectivity index (χ4v) is 2.70. The Kier molecular flexibility index (Phi) is 12.5. The summed E-state index contributed by atoms with van der Waals surface area (Å²) in [6.45, 7) is 7.81. The van der Waals surface area contributed by atoms with Gasteiger partial charge in [0.05, 0.1) is 6.61 Å². The minimum Gasteiger partial charge on any atom is -0.491 e. The summed E-state index contributed by atoms with van der Waals surface area (Å²) in [4.78, 5) is 4.50. The number of hydrogen-bond donors (Lipinski definition) is 2. The Morgan fingerprint density at radius 2 is 1.62 bits per heavy atom. The fraction of sp³-hybridized carbons (Fsp3) is 0.647. The number of benzene rings is 1. The molecule has 1 aromatic carbocycles. The fourth-order valence-electron chi connectivity index (χ4n) is 2.70. The molecule has 0 aromatic heterocycles. The first-order valence-corrected chi connectivity index (χ1v) is 8.16. The zero-order valence-electron chi connectivity index (χ0n) is 14.3. The number of hydrogen-bond acceptors (Lipinski definition) is 5. The van der Waals surface area contributed by atoms with Gasteiger partial charge in [-0.05, 0) is 24.1 Å². The van der Waals surface area contributed by atoms with Gasteiger partial charge in [0.2, 0.25) is 0 Å². The van der Waals surface area contributed by atoms with Crippen LogP contribution in [0.2, 0.25) is 0 Å². The monoisotopic (exact) mass is 380 g/mol. The van der Waals surface area contributed by atoms with E-state index in [1.807, 2.05) is 12.1 Å². The average molecular weight is 381 g/mol. The summed E-state index contributed by atoms with van der Waals surface area (Å²) in [5, 5.41) is 19.0. The molecule has 1 atom stereocenters. The number of nitrogens with zero attached hydrogens (tertiary/aromatic N) is 2. The minimum absolute atomic E-state index is 0. The highest BCUT2D eigenvalue weighted by atomic mass is 35.5. The molecule has 1 fully saturated rings. The molecule has 5 nitrogen and oxygen atoms in total. The third-order valence-corrected chi connectivity index (χ3v) is 4.12. The van der Waals surface area contributed by atoms with Crippen LogP contribution in [-0.4, -0.2) is 78.6 Å². The molecular formula is C17H30Cl2N2O3. The van der Waals surface area contributed by atoms with Crippen molar-refractivity contribution in [2.45, 2.75) is 19.4 Å². The van der Waals surface area contributed by atoms with Crippen LogP contribution >= 0.6 is 24.8 Å². The molecule has 1 unspecified atom stereocenters. The van der Waals surface area contributed by atoms with Crippen molar-refractivity contribution in [2.75, 3.05) is 52.5 Å². The van der Waals surface area contributed by atoms with Gasteiger partial charge >= 0.3 is 0 Å². The Hall–Kier alpha value is -0.560. The molecule has 24 heavy (non-hydrogen) atoms. The van der Waals surface area contributed by atoms with E-state index >= 15 is 0 Å². The highest BCUT2D eigenvalue weighted by Gasteiger charge is 2.19. The molecule has 1 aromatic rings. The Balaban J connectivity index is 0.00000264. The predicted molar refractivity (Wildman–Crippen MR) is 102 cm³/mol. The van der Waals surface area contributed by atoms with Crippen molar-refractivity contribution in [3.63, 3.8) is 0 Å². The van der Waals surface area contributed by atoms with Gasteiger partial charge in [0.1, 0.15) is 18.5 Å². The molecule has 2 rings (SSSR count). The van der Waals surface area contributed by atoms with Gasteiger partial charge < -0.3 is 14.9 Å². The van der Waals surface area contributed by atoms with Gasteiger partial charge in [-0.1, -0.05) is 19.1 Å². The van der Waals surface area contributed by atoms with Gasteiger partial charge in [0, 0.05) is 39.3 Å². The second-order valence-electron chi connectivity index (χ2n) is 5.83. The zero-order valence-corrected chi connectivity index (χ0v) is 15.9. The van der Waals surface area contributed by atoms with E-state index in [1.165, 1.54) is 5.56 Å². The molecule has 140 valence electrons. The lowest BCUT2D eigenvalue weighted by Gasteiger charge is -2.35.